The minimum Gasteiger partial charge on any atom is -0.352 e. The summed E-state index contributed by atoms with van der Waals surface area (Å²) >= 11 is 6.01. The predicted molar refractivity (Wildman–Crippen MR) is 134 cm³/mol. The lowest BCUT2D eigenvalue weighted by molar-refractivity contribution is -0.230. The molecule has 0 atom stereocenters. The van der Waals surface area contributed by atoms with Crippen LogP contribution in [0.15, 0.2) is 36.9 Å². The molecular weight excluding hydrogens is 416 g/mol. The Hall–Kier alpha value is -0.830. The maximum atomic E-state index is 6.17. The summed E-state index contributed by atoms with van der Waals surface area (Å²) in [6, 6.07) is 8.43. The van der Waals surface area contributed by atoms with E-state index in [-0.39, 0.29) is 6.29 Å². The molecule has 3 aliphatic rings. The average Bonchev–Trinajstić information content (AvgIpc) is 2.85. The van der Waals surface area contributed by atoms with Crippen molar-refractivity contribution in [2.24, 2.45) is 29.6 Å². The molecule has 0 amide bonds. The van der Waals surface area contributed by atoms with Crippen LogP contribution in [-0.2, 0) is 15.9 Å². The third-order valence-corrected chi connectivity index (χ3v) is 8.78. The van der Waals surface area contributed by atoms with Gasteiger partial charge in [-0.15, -0.1) is 6.58 Å². The fraction of sp³-hybridized carbons (Fsp3) is 0.724. The molecule has 1 aliphatic heterocycles. The molecular formula is C29H43ClO2. The van der Waals surface area contributed by atoms with Crippen LogP contribution in [0.3, 0.4) is 0 Å². The molecule has 0 spiro atoms. The van der Waals surface area contributed by atoms with Crippen LogP contribution in [0.2, 0.25) is 5.02 Å². The van der Waals surface area contributed by atoms with Crippen molar-refractivity contribution < 1.29 is 9.47 Å². The monoisotopic (exact) mass is 458 g/mol. The number of benzene rings is 1. The Morgan fingerprint density at radius 1 is 0.781 bits per heavy atom. The Morgan fingerprint density at radius 3 is 2.00 bits per heavy atom. The van der Waals surface area contributed by atoms with Crippen LogP contribution in [0.1, 0.15) is 82.6 Å². The van der Waals surface area contributed by atoms with Crippen molar-refractivity contribution in [3.63, 3.8) is 0 Å². The first kappa shape index (κ1) is 24.3. The summed E-state index contributed by atoms with van der Waals surface area (Å²) in [6.45, 7) is 5.60. The molecule has 32 heavy (non-hydrogen) atoms. The summed E-state index contributed by atoms with van der Waals surface area (Å²) in [7, 11) is 0. The van der Waals surface area contributed by atoms with E-state index in [2.05, 4.69) is 18.7 Å². The van der Waals surface area contributed by atoms with Crippen LogP contribution in [-0.4, -0.2) is 19.5 Å². The second-order valence-corrected chi connectivity index (χ2v) is 11.2. The van der Waals surface area contributed by atoms with E-state index in [0.717, 1.165) is 42.4 Å². The van der Waals surface area contributed by atoms with Gasteiger partial charge in [-0.2, -0.15) is 0 Å². The molecule has 2 nitrogen and oxygen atoms in total. The van der Waals surface area contributed by atoms with E-state index in [0.29, 0.717) is 11.8 Å². The summed E-state index contributed by atoms with van der Waals surface area (Å²) < 4.78 is 12.3. The van der Waals surface area contributed by atoms with Gasteiger partial charge in [-0.1, -0.05) is 42.7 Å². The van der Waals surface area contributed by atoms with Crippen LogP contribution in [0.5, 0.6) is 0 Å². The number of unbranched alkanes of at least 4 members (excludes halogenated alkanes) is 1. The Kier molecular flexibility index (Phi) is 9.55. The third kappa shape index (κ3) is 7.08. The predicted octanol–water partition coefficient (Wildman–Crippen LogP) is 8.23. The van der Waals surface area contributed by atoms with E-state index in [9.17, 15) is 0 Å². The van der Waals surface area contributed by atoms with Crippen molar-refractivity contribution in [2.75, 3.05) is 13.2 Å². The van der Waals surface area contributed by atoms with Gasteiger partial charge in [-0.25, -0.2) is 0 Å². The molecule has 0 aromatic heterocycles. The SMILES string of the molecule is C=CCCCC1COC(C2CCC(C3CCC(CCc4ccc(Cl)cc4)CC3)CC2)OC1. The summed E-state index contributed by atoms with van der Waals surface area (Å²) in [5, 5.41) is 0.842. The van der Waals surface area contributed by atoms with Gasteiger partial charge in [0.1, 0.15) is 0 Å². The van der Waals surface area contributed by atoms with E-state index in [1.807, 2.05) is 18.2 Å². The summed E-state index contributed by atoms with van der Waals surface area (Å²) in [5.74, 6) is 4.03. The van der Waals surface area contributed by atoms with Crippen molar-refractivity contribution in [1.82, 2.24) is 0 Å². The van der Waals surface area contributed by atoms with E-state index in [1.54, 1.807) is 0 Å². The van der Waals surface area contributed by atoms with Crippen molar-refractivity contribution >= 4 is 11.6 Å². The molecule has 178 valence electrons. The van der Waals surface area contributed by atoms with Crippen LogP contribution in [0, 0.1) is 29.6 Å². The van der Waals surface area contributed by atoms with Crippen molar-refractivity contribution in [2.45, 2.75) is 89.8 Å². The molecule has 0 radical (unpaired) electrons. The van der Waals surface area contributed by atoms with Crippen molar-refractivity contribution in [3.8, 4) is 0 Å². The van der Waals surface area contributed by atoms with Crippen molar-refractivity contribution in [1.29, 1.82) is 0 Å². The lowest BCUT2D eigenvalue weighted by Gasteiger charge is -2.41. The van der Waals surface area contributed by atoms with Gasteiger partial charge in [0.05, 0.1) is 13.2 Å². The molecule has 1 saturated heterocycles. The highest BCUT2D eigenvalue weighted by atomic mass is 35.5. The number of allylic oxidation sites excluding steroid dienone is 1. The molecule has 3 heteroatoms. The van der Waals surface area contributed by atoms with Gasteiger partial charge in [0, 0.05) is 16.9 Å². The highest BCUT2D eigenvalue weighted by Gasteiger charge is 2.35. The molecule has 0 unspecified atom stereocenters. The van der Waals surface area contributed by atoms with Crippen LogP contribution in [0.25, 0.3) is 0 Å². The molecule has 2 aliphatic carbocycles. The summed E-state index contributed by atoms with van der Waals surface area (Å²) in [4.78, 5) is 0. The highest BCUT2D eigenvalue weighted by molar-refractivity contribution is 6.30. The third-order valence-electron chi connectivity index (χ3n) is 8.53. The van der Waals surface area contributed by atoms with E-state index < -0.39 is 0 Å². The van der Waals surface area contributed by atoms with Gasteiger partial charge < -0.3 is 9.47 Å². The largest absolute Gasteiger partial charge is 0.352 e. The maximum absolute atomic E-state index is 6.17. The molecule has 3 fully saturated rings. The smallest absolute Gasteiger partial charge is 0.160 e. The fourth-order valence-corrected chi connectivity index (χ4v) is 6.53. The van der Waals surface area contributed by atoms with Gasteiger partial charge in [0.2, 0.25) is 0 Å². The van der Waals surface area contributed by atoms with E-state index in [1.165, 1.54) is 82.6 Å². The summed E-state index contributed by atoms with van der Waals surface area (Å²) in [5.41, 5.74) is 1.44. The van der Waals surface area contributed by atoms with Gasteiger partial charge in [-0.05, 0) is 106 Å². The Labute approximate surface area is 201 Å². The highest BCUT2D eigenvalue weighted by Crippen LogP contribution is 2.43. The number of rotatable bonds is 9. The number of halogens is 1. The molecule has 2 saturated carbocycles. The molecule has 4 rings (SSSR count). The Bertz CT molecular complexity index is 663. The first-order valence-corrected chi connectivity index (χ1v) is 13.7. The van der Waals surface area contributed by atoms with Crippen LogP contribution in [0.4, 0.5) is 0 Å². The Morgan fingerprint density at radius 2 is 1.38 bits per heavy atom. The Balaban J connectivity index is 1.11. The zero-order valence-corrected chi connectivity index (χ0v) is 20.6. The van der Waals surface area contributed by atoms with Crippen molar-refractivity contribution in [3.05, 3.63) is 47.5 Å². The van der Waals surface area contributed by atoms with Gasteiger partial charge in [-0.3, -0.25) is 0 Å². The first-order valence-electron chi connectivity index (χ1n) is 13.3. The van der Waals surface area contributed by atoms with E-state index in [4.69, 9.17) is 21.1 Å². The number of hydrogen-bond donors (Lipinski definition) is 0. The first-order chi connectivity index (χ1) is 15.7. The quantitative estimate of drug-likeness (QED) is 0.274. The van der Waals surface area contributed by atoms with Crippen LogP contribution < -0.4 is 0 Å². The number of ether oxygens (including phenoxy) is 2. The molecule has 1 aromatic rings. The van der Waals surface area contributed by atoms with Crippen LogP contribution >= 0.6 is 11.6 Å². The van der Waals surface area contributed by atoms with E-state index >= 15 is 0 Å². The molecule has 0 bridgehead atoms. The molecule has 1 heterocycles. The average molecular weight is 459 g/mol. The molecule has 1 aromatic carbocycles. The minimum atomic E-state index is 0.0650. The topological polar surface area (TPSA) is 18.5 Å². The number of hydrogen-bond acceptors (Lipinski definition) is 2. The summed E-state index contributed by atoms with van der Waals surface area (Å²) in [6.07, 6.45) is 19.3. The number of aryl methyl sites for hydroxylation is 1. The standard InChI is InChI=1S/C29H43ClO2/c1-2-3-4-5-24-20-31-29(32-21-24)27-16-14-26(15-17-27)25-12-8-22(9-13-25)6-7-23-10-18-28(30)19-11-23/h2,10-11,18-19,22,24-27,29H,1,3-9,12-17,20-21H2. The van der Waals surface area contributed by atoms with Gasteiger partial charge in [0.15, 0.2) is 6.29 Å². The lowest BCUT2D eigenvalue weighted by Crippen LogP contribution is -2.39. The minimum absolute atomic E-state index is 0.0650. The second kappa shape index (κ2) is 12.6. The fourth-order valence-electron chi connectivity index (χ4n) is 6.41. The zero-order valence-electron chi connectivity index (χ0n) is 19.9. The second-order valence-electron chi connectivity index (χ2n) is 10.7. The lowest BCUT2D eigenvalue weighted by atomic mass is 9.68. The zero-order chi connectivity index (χ0) is 22.2. The van der Waals surface area contributed by atoms with Gasteiger partial charge in [0.25, 0.3) is 0 Å². The maximum Gasteiger partial charge on any atom is 0.160 e. The molecule has 0 N–H and O–H groups in total. The van der Waals surface area contributed by atoms with Gasteiger partial charge >= 0.3 is 0 Å². The normalized spacial score (nSPS) is 33.7.